The molecule has 5 heteroatoms. The lowest BCUT2D eigenvalue weighted by Gasteiger charge is -2.13. The van der Waals surface area contributed by atoms with Crippen molar-refractivity contribution >= 4 is 49.2 Å². The summed E-state index contributed by atoms with van der Waals surface area (Å²) >= 11 is 0. The molecule has 0 amide bonds. The lowest BCUT2D eigenvalue weighted by molar-refractivity contribution is 1.07. The van der Waals surface area contributed by atoms with Crippen LogP contribution in [0.5, 0.6) is 0 Å². The highest BCUT2D eigenvalue weighted by molar-refractivity contribution is 6.12. The Balaban J connectivity index is 0.951. The van der Waals surface area contributed by atoms with Gasteiger partial charge < -0.3 is 9.13 Å². The van der Waals surface area contributed by atoms with E-state index < -0.39 is 0 Å². The Morgan fingerprint density at radius 2 is 0.896 bits per heavy atom. The van der Waals surface area contributed by atoms with Gasteiger partial charge >= 0.3 is 0 Å². The van der Waals surface area contributed by atoms with Gasteiger partial charge in [0, 0.05) is 49.6 Å². The van der Waals surface area contributed by atoms with Gasteiger partial charge in [0.15, 0.2) is 17.5 Å². The Morgan fingerprint density at radius 1 is 0.358 bits per heavy atom. The third-order valence-electron chi connectivity index (χ3n) is 12.7. The molecule has 12 rings (SSSR count). The van der Waals surface area contributed by atoms with Crippen molar-refractivity contribution in [3.63, 3.8) is 0 Å². The minimum absolute atomic E-state index is 0.623. The van der Waals surface area contributed by atoms with E-state index in [0.29, 0.717) is 17.5 Å². The van der Waals surface area contributed by atoms with Gasteiger partial charge in [0.25, 0.3) is 0 Å². The fraction of sp³-hybridized carbons (Fsp3) is 0.0161. The summed E-state index contributed by atoms with van der Waals surface area (Å²) in [4.78, 5) is 15.0. The standard InChI is InChI=1S/C62H43N5/c1-42-19-8-4-2-3-5-13-26-51(42)43-31-35-49(36-32-43)66-56-29-16-14-27-52(56)54-37-33-47(41-59(54)66)46-34-38-58-55(40-46)53-28-15-17-30-57(53)67(58)50-25-18-24-48(39-50)62-64-60(44-20-9-6-10-21-44)63-61(65-62)45-22-11-7-12-23-45/h2,4-41H,1,3H2/b4-2-,13-5-,19-8-,51-26+. The van der Waals surface area contributed by atoms with E-state index in [4.69, 9.17) is 15.0 Å². The highest BCUT2D eigenvalue weighted by atomic mass is 15.0. The van der Waals surface area contributed by atoms with Crippen LogP contribution in [0.2, 0.25) is 0 Å². The average Bonchev–Trinajstić information content (AvgIpc) is 3.91. The van der Waals surface area contributed by atoms with E-state index in [1.54, 1.807) is 0 Å². The summed E-state index contributed by atoms with van der Waals surface area (Å²) in [5, 5.41) is 4.82. The van der Waals surface area contributed by atoms with Crippen LogP contribution in [0.1, 0.15) is 12.0 Å². The van der Waals surface area contributed by atoms with Crippen LogP contribution in [0.4, 0.5) is 0 Å². The molecule has 0 saturated heterocycles. The van der Waals surface area contributed by atoms with Gasteiger partial charge in [0.05, 0.1) is 22.1 Å². The Labute approximate surface area is 389 Å². The number of fused-ring (bicyclic) bond motifs is 6. The van der Waals surface area contributed by atoms with Crippen LogP contribution in [0, 0.1) is 0 Å². The molecule has 316 valence electrons. The van der Waals surface area contributed by atoms with Gasteiger partial charge in [-0.15, -0.1) is 0 Å². The minimum atomic E-state index is 0.623. The maximum Gasteiger partial charge on any atom is 0.164 e. The molecule has 1 aliphatic rings. The lowest BCUT2D eigenvalue weighted by atomic mass is 9.97. The van der Waals surface area contributed by atoms with Crippen molar-refractivity contribution in [3.8, 4) is 56.7 Å². The van der Waals surface area contributed by atoms with Gasteiger partial charge in [0.1, 0.15) is 0 Å². The molecule has 0 saturated carbocycles. The summed E-state index contributed by atoms with van der Waals surface area (Å²) in [5.74, 6) is 1.90. The highest BCUT2D eigenvalue weighted by Gasteiger charge is 2.18. The van der Waals surface area contributed by atoms with Crippen LogP contribution in [0.15, 0.2) is 249 Å². The Kier molecular flexibility index (Phi) is 9.99. The topological polar surface area (TPSA) is 48.5 Å². The predicted molar refractivity (Wildman–Crippen MR) is 279 cm³/mol. The molecule has 11 aromatic rings. The number of nitrogens with zero attached hydrogens (tertiary/aromatic N) is 5. The van der Waals surface area contributed by atoms with E-state index in [1.165, 1.54) is 27.1 Å². The monoisotopic (exact) mass is 857 g/mol. The maximum absolute atomic E-state index is 5.04. The molecule has 3 heterocycles. The predicted octanol–water partition coefficient (Wildman–Crippen LogP) is 15.7. The minimum Gasteiger partial charge on any atom is -0.309 e. The van der Waals surface area contributed by atoms with E-state index in [2.05, 4.69) is 192 Å². The fourth-order valence-corrected chi connectivity index (χ4v) is 9.50. The molecule has 0 fully saturated rings. The van der Waals surface area contributed by atoms with Gasteiger partial charge in [-0.3, -0.25) is 0 Å². The molecular weight excluding hydrogens is 815 g/mol. The first-order chi connectivity index (χ1) is 33.1. The highest BCUT2D eigenvalue weighted by Crippen LogP contribution is 2.39. The maximum atomic E-state index is 5.04. The molecule has 8 aromatic carbocycles. The van der Waals surface area contributed by atoms with Gasteiger partial charge in [-0.25, -0.2) is 15.0 Å². The number of aromatic nitrogens is 5. The second kappa shape index (κ2) is 16.9. The molecule has 0 N–H and O–H groups in total. The zero-order chi connectivity index (χ0) is 44.7. The zero-order valence-corrected chi connectivity index (χ0v) is 36.7. The quantitative estimate of drug-likeness (QED) is 0.160. The normalized spacial score (nSPS) is 15.2. The summed E-state index contributed by atoms with van der Waals surface area (Å²) in [7, 11) is 0. The van der Waals surface area contributed by atoms with Crippen LogP contribution < -0.4 is 0 Å². The summed E-state index contributed by atoms with van der Waals surface area (Å²) in [5.41, 5.74) is 15.1. The number of allylic oxidation sites excluding steroid dienone is 9. The molecular formula is C62H43N5. The molecule has 0 radical (unpaired) electrons. The van der Waals surface area contributed by atoms with E-state index in [-0.39, 0.29) is 0 Å². The summed E-state index contributed by atoms with van der Waals surface area (Å²) in [6, 6.07) is 68.8. The van der Waals surface area contributed by atoms with Crippen LogP contribution >= 0.6 is 0 Å². The molecule has 5 nitrogen and oxygen atoms in total. The van der Waals surface area contributed by atoms with E-state index >= 15 is 0 Å². The van der Waals surface area contributed by atoms with Crippen molar-refractivity contribution in [2.75, 3.05) is 0 Å². The molecule has 0 unspecified atom stereocenters. The summed E-state index contributed by atoms with van der Waals surface area (Å²) in [6.07, 6.45) is 15.7. The second-order valence-electron chi connectivity index (χ2n) is 16.9. The molecule has 0 bridgehead atoms. The largest absolute Gasteiger partial charge is 0.309 e. The van der Waals surface area contributed by atoms with E-state index in [9.17, 15) is 0 Å². The smallest absolute Gasteiger partial charge is 0.164 e. The number of hydrogen-bond acceptors (Lipinski definition) is 3. The van der Waals surface area contributed by atoms with Crippen molar-refractivity contribution in [1.82, 2.24) is 24.1 Å². The van der Waals surface area contributed by atoms with Crippen LogP contribution in [0.25, 0.3) is 106 Å². The van der Waals surface area contributed by atoms with Crippen LogP contribution in [-0.4, -0.2) is 24.1 Å². The zero-order valence-electron chi connectivity index (χ0n) is 36.7. The Morgan fingerprint density at radius 3 is 1.61 bits per heavy atom. The molecule has 0 atom stereocenters. The van der Waals surface area contributed by atoms with Crippen molar-refractivity contribution in [1.29, 1.82) is 0 Å². The molecule has 1 aliphatic carbocycles. The first-order valence-electron chi connectivity index (χ1n) is 22.7. The van der Waals surface area contributed by atoms with Gasteiger partial charge in [0.2, 0.25) is 0 Å². The summed E-state index contributed by atoms with van der Waals surface area (Å²) in [6.45, 7) is 4.39. The third-order valence-corrected chi connectivity index (χ3v) is 12.7. The average molecular weight is 858 g/mol. The first-order valence-corrected chi connectivity index (χ1v) is 22.7. The Hall–Kier alpha value is -8.93. The SMILES string of the molecule is C=C1/C=C\C=C/C/C=C\C=C/1c1ccc(-n2c3ccccc3c3ccc(-c4ccc5c(c4)c4ccccc4n5-c4cccc(-c5nc(-c6ccccc6)nc(-c6ccccc6)n5)c4)cc32)cc1. The molecule has 67 heavy (non-hydrogen) atoms. The van der Waals surface area contributed by atoms with E-state index in [0.717, 1.165) is 78.9 Å². The number of rotatable bonds is 7. The molecule has 0 aliphatic heterocycles. The van der Waals surface area contributed by atoms with Crippen molar-refractivity contribution in [2.45, 2.75) is 6.42 Å². The van der Waals surface area contributed by atoms with E-state index in [1.807, 2.05) is 60.7 Å². The number of hydrogen-bond donors (Lipinski definition) is 0. The molecule has 3 aromatic heterocycles. The van der Waals surface area contributed by atoms with Crippen molar-refractivity contribution in [3.05, 3.63) is 254 Å². The number of para-hydroxylation sites is 2. The van der Waals surface area contributed by atoms with Crippen molar-refractivity contribution < 1.29 is 0 Å². The second-order valence-corrected chi connectivity index (χ2v) is 16.9. The third kappa shape index (κ3) is 7.29. The lowest BCUT2D eigenvalue weighted by Crippen LogP contribution is -2.01. The van der Waals surface area contributed by atoms with Crippen molar-refractivity contribution in [2.24, 2.45) is 0 Å². The Bertz CT molecular complexity index is 3770. The molecule has 0 spiro atoms. The van der Waals surface area contributed by atoms with Crippen LogP contribution in [0.3, 0.4) is 0 Å². The van der Waals surface area contributed by atoms with Gasteiger partial charge in [-0.1, -0.05) is 189 Å². The van der Waals surface area contributed by atoms with Gasteiger partial charge in [-0.05, 0) is 88.9 Å². The van der Waals surface area contributed by atoms with Crippen LogP contribution in [-0.2, 0) is 0 Å². The number of benzene rings is 8. The fourth-order valence-electron chi connectivity index (χ4n) is 9.50. The summed E-state index contributed by atoms with van der Waals surface area (Å²) < 4.78 is 4.75. The first kappa shape index (κ1) is 39.6. The van der Waals surface area contributed by atoms with Gasteiger partial charge in [-0.2, -0.15) is 0 Å².